The van der Waals surface area contributed by atoms with Gasteiger partial charge in [-0.2, -0.15) is 0 Å². The molecule has 0 amide bonds. The SMILES string of the molecule is CCOC(=O)CCN1C/C(=C/c2ccc(OC)c(OC)c2)C(=O)/C(=C\c2ccc(OC)c(OC)c2)C1. The van der Waals surface area contributed by atoms with Gasteiger partial charge < -0.3 is 23.7 Å². The molecule has 0 bridgehead atoms. The van der Waals surface area contributed by atoms with Gasteiger partial charge in [0.25, 0.3) is 0 Å². The highest BCUT2D eigenvalue weighted by Gasteiger charge is 2.27. The largest absolute Gasteiger partial charge is 0.493 e. The van der Waals surface area contributed by atoms with Crippen molar-refractivity contribution in [2.45, 2.75) is 13.3 Å². The fraction of sp³-hybridized carbons (Fsp3) is 0.357. The van der Waals surface area contributed by atoms with Gasteiger partial charge in [-0.1, -0.05) is 12.1 Å². The number of carbonyl (C=O) groups excluding carboxylic acids is 2. The Hall–Kier alpha value is -3.78. The van der Waals surface area contributed by atoms with Gasteiger partial charge in [-0.25, -0.2) is 0 Å². The van der Waals surface area contributed by atoms with Crippen LogP contribution in [0.5, 0.6) is 23.0 Å². The number of rotatable bonds is 10. The standard InChI is InChI=1S/C28H33NO7/c1-6-36-27(30)11-12-29-17-21(13-19-7-9-23(32-2)25(15-19)34-4)28(31)22(18-29)14-20-8-10-24(33-3)26(16-20)35-5/h7-10,13-16H,6,11-12,17-18H2,1-5H3/b21-13-,22-14-. The maximum absolute atomic E-state index is 13.5. The average Bonchev–Trinajstić information content (AvgIpc) is 2.89. The number of methoxy groups -OCH3 is 4. The molecule has 1 fully saturated rings. The van der Waals surface area contributed by atoms with Gasteiger partial charge in [0, 0.05) is 30.8 Å². The van der Waals surface area contributed by atoms with Gasteiger partial charge in [0.05, 0.1) is 41.5 Å². The van der Waals surface area contributed by atoms with E-state index in [9.17, 15) is 9.59 Å². The third kappa shape index (κ3) is 6.66. The summed E-state index contributed by atoms with van der Waals surface area (Å²) < 4.78 is 26.5. The fourth-order valence-corrected chi connectivity index (χ4v) is 4.04. The molecule has 0 aliphatic carbocycles. The van der Waals surface area contributed by atoms with Crippen molar-refractivity contribution in [1.29, 1.82) is 0 Å². The Morgan fingerprint density at radius 2 is 1.28 bits per heavy atom. The molecule has 1 saturated heterocycles. The molecule has 192 valence electrons. The summed E-state index contributed by atoms with van der Waals surface area (Å²) in [6, 6.07) is 11.0. The molecule has 1 aliphatic heterocycles. The highest BCUT2D eigenvalue weighted by Crippen LogP contribution is 2.31. The molecule has 1 aliphatic rings. The molecule has 0 radical (unpaired) electrons. The normalized spacial score (nSPS) is 16.2. The summed E-state index contributed by atoms with van der Waals surface area (Å²) >= 11 is 0. The van der Waals surface area contributed by atoms with Gasteiger partial charge in [0.1, 0.15) is 0 Å². The molecule has 2 aromatic carbocycles. The summed E-state index contributed by atoms with van der Waals surface area (Å²) in [5, 5.41) is 0. The van der Waals surface area contributed by atoms with Crippen molar-refractivity contribution >= 4 is 23.9 Å². The maximum atomic E-state index is 13.5. The number of likely N-dealkylation sites (tertiary alicyclic amines) is 1. The van der Waals surface area contributed by atoms with Gasteiger partial charge in [0.2, 0.25) is 0 Å². The highest BCUT2D eigenvalue weighted by atomic mass is 16.5. The summed E-state index contributed by atoms with van der Waals surface area (Å²) in [5.41, 5.74) is 2.86. The van der Waals surface area contributed by atoms with E-state index < -0.39 is 0 Å². The van der Waals surface area contributed by atoms with Gasteiger partial charge in [-0.3, -0.25) is 14.5 Å². The lowest BCUT2D eigenvalue weighted by molar-refractivity contribution is -0.143. The van der Waals surface area contributed by atoms with Gasteiger partial charge >= 0.3 is 5.97 Å². The second-order valence-electron chi connectivity index (χ2n) is 8.16. The smallest absolute Gasteiger partial charge is 0.307 e. The van der Waals surface area contributed by atoms with Gasteiger partial charge in [0.15, 0.2) is 28.8 Å². The van der Waals surface area contributed by atoms with Crippen LogP contribution in [0.2, 0.25) is 0 Å². The number of piperidine rings is 1. The van der Waals surface area contributed by atoms with Crippen molar-refractivity contribution in [3.05, 3.63) is 58.7 Å². The highest BCUT2D eigenvalue weighted by molar-refractivity contribution is 6.14. The zero-order valence-electron chi connectivity index (χ0n) is 21.5. The van der Waals surface area contributed by atoms with E-state index in [1.54, 1.807) is 47.5 Å². The molecule has 2 aromatic rings. The number of benzene rings is 2. The Balaban J connectivity index is 1.96. The monoisotopic (exact) mass is 495 g/mol. The van der Waals surface area contributed by atoms with E-state index in [0.717, 1.165) is 11.1 Å². The maximum Gasteiger partial charge on any atom is 0.307 e. The van der Waals surface area contributed by atoms with Crippen molar-refractivity contribution in [3.8, 4) is 23.0 Å². The molecule has 1 heterocycles. The van der Waals surface area contributed by atoms with Crippen LogP contribution in [0.3, 0.4) is 0 Å². The summed E-state index contributed by atoms with van der Waals surface area (Å²) in [4.78, 5) is 27.5. The number of hydrogen-bond donors (Lipinski definition) is 0. The Labute approximate surface area is 212 Å². The number of hydrogen-bond acceptors (Lipinski definition) is 8. The summed E-state index contributed by atoms with van der Waals surface area (Å²) in [6.07, 6.45) is 3.95. The minimum absolute atomic E-state index is 0.0491. The first kappa shape index (κ1) is 26.8. The van der Waals surface area contributed by atoms with Crippen LogP contribution < -0.4 is 18.9 Å². The van der Waals surface area contributed by atoms with Crippen LogP contribution >= 0.6 is 0 Å². The predicted molar refractivity (Wildman–Crippen MR) is 138 cm³/mol. The molecular weight excluding hydrogens is 462 g/mol. The van der Waals surface area contributed by atoms with Crippen LogP contribution in [0.25, 0.3) is 12.2 Å². The average molecular weight is 496 g/mol. The Bertz CT molecular complexity index is 1080. The second-order valence-corrected chi connectivity index (χ2v) is 8.16. The van der Waals surface area contributed by atoms with Crippen LogP contribution in [0.4, 0.5) is 0 Å². The molecule has 0 aromatic heterocycles. The van der Waals surface area contributed by atoms with Crippen LogP contribution in [-0.4, -0.2) is 71.3 Å². The Morgan fingerprint density at radius 1 is 0.806 bits per heavy atom. The lowest BCUT2D eigenvalue weighted by atomic mass is 9.94. The van der Waals surface area contributed by atoms with Crippen molar-refractivity contribution in [2.75, 3.05) is 54.7 Å². The molecule has 8 heteroatoms. The van der Waals surface area contributed by atoms with Gasteiger partial charge in [-0.15, -0.1) is 0 Å². The minimum Gasteiger partial charge on any atom is -0.493 e. The van der Waals surface area contributed by atoms with E-state index in [0.29, 0.717) is 60.4 Å². The first-order valence-electron chi connectivity index (χ1n) is 11.7. The van der Waals surface area contributed by atoms with E-state index in [-0.39, 0.29) is 18.2 Å². The summed E-state index contributed by atoms with van der Waals surface area (Å²) in [5.74, 6) is 2.07. The van der Waals surface area contributed by atoms with Gasteiger partial charge in [-0.05, 0) is 54.5 Å². The molecule has 3 rings (SSSR count). The summed E-state index contributed by atoms with van der Waals surface area (Å²) in [7, 11) is 6.30. The zero-order valence-corrected chi connectivity index (χ0v) is 21.5. The van der Waals surface area contributed by atoms with Crippen LogP contribution in [0.15, 0.2) is 47.5 Å². The minimum atomic E-state index is -0.259. The number of ether oxygens (including phenoxy) is 5. The van der Waals surface area contributed by atoms with Crippen molar-refractivity contribution in [2.24, 2.45) is 0 Å². The quantitative estimate of drug-likeness (QED) is 0.361. The lowest BCUT2D eigenvalue weighted by Gasteiger charge is -2.29. The molecule has 0 unspecified atom stereocenters. The first-order valence-corrected chi connectivity index (χ1v) is 11.7. The molecule has 0 N–H and O–H groups in total. The fourth-order valence-electron chi connectivity index (χ4n) is 4.04. The molecule has 0 atom stereocenters. The molecular formula is C28H33NO7. The van der Waals surface area contributed by atoms with Crippen LogP contribution in [0.1, 0.15) is 24.5 Å². The van der Waals surface area contributed by atoms with Crippen LogP contribution in [-0.2, 0) is 14.3 Å². The van der Waals surface area contributed by atoms with Crippen molar-refractivity contribution < 1.29 is 33.3 Å². The number of nitrogens with zero attached hydrogens (tertiary/aromatic N) is 1. The Kier molecular flexibility index (Phi) is 9.53. The number of ketones is 1. The number of Topliss-reactive ketones (excluding diaryl/α,β-unsaturated/α-hetero) is 1. The zero-order chi connectivity index (χ0) is 26.1. The first-order chi connectivity index (χ1) is 17.4. The molecule has 0 spiro atoms. The lowest BCUT2D eigenvalue weighted by Crippen LogP contribution is -2.39. The summed E-state index contributed by atoms with van der Waals surface area (Å²) in [6.45, 7) is 3.42. The molecule has 8 nitrogen and oxygen atoms in total. The number of carbonyl (C=O) groups is 2. The van der Waals surface area contributed by atoms with E-state index in [1.807, 2.05) is 36.4 Å². The van der Waals surface area contributed by atoms with E-state index in [1.165, 1.54) is 0 Å². The van der Waals surface area contributed by atoms with Crippen molar-refractivity contribution in [3.63, 3.8) is 0 Å². The molecule has 36 heavy (non-hydrogen) atoms. The second kappa shape index (κ2) is 12.8. The number of esters is 1. The van der Waals surface area contributed by atoms with E-state index in [4.69, 9.17) is 23.7 Å². The third-order valence-corrected chi connectivity index (χ3v) is 5.81. The van der Waals surface area contributed by atoms with Crippen LogP contribution in [0, 0.1) is 0 Å². The predicted octanol–water partition coefficient (Wildman–Crippen LogP) is 4.03. The molecule has 0 saturated carbocycles. The van der Waals surface area contributed by atoms with E-state index in [2.05, 4.69) is 4.90 Å². The van der Waals surface area contributed by atoms with E-state index >= 15 is 0 Å². The topological polar surface area (TPSA) is 83.5 Å². The Morgan fingerprint density at radius 3 is 1.69 bits per heavy atom. The third-order valence-electron chi connectivity index (χ3n) is 5.81. The van der Waals surface area contributed by atoms with Crippen molar-refractivity contribution in [1.82, 2.24) is 4.90 Å².